The SMILES string of the molecule is NC(=O)[C@H]1C[C@@H](n2cnc3c(N)nccc32)C(O)[C@H]1O. The molecule has 2 heterocycles. The van der Waals surface area contributed by atoms with E-state index in [2.05, 4.69) is 9.97 Å². The van der Waals surface area contributed by atoms with Crippen molar-refractivity contribution in [3.8, 4) is 0 Å². The molecule has 1 aliphatic rings. The number of nitrogens with two attached hydrogens (primary N) is 2. The highest BCUT2D eigenvalue weighted by Gasteiger charge is 2.45. The third-order valence-corrected chi connectivity index (χ3v) is 3.90. The van der Waals surface area contributed by atoms with Crippen LogP contribution in [0.4, 0.5) is 5.82 Å². The molecule has 2 aromatic heterocycles. The standard InChI is InChI=1S/C12H15N5O3/c13-11-8-6(1-2-15-11)17(4-16-8)7-3-5(12(14)20)9(18)10(7)19/h1-2,4-5,7,9-10,18-19H,3H2,(H2,13,15)(H2,14,20)/t5-,7+,9-,10?/m0/s1. The number of aromatic nitrogens is 3. The lowest BCUT2D eigenvalue weighted by molar-refractivity contribution is -0.125. The van der Waals surface area contributed by atoms with Gasteiger partial charge in [-0.05, 0) is 12.5 Å². The number of aliphatic hydroxyl groups excluding tert-OH is 2. The van der Waals surface area contributed by atoms with E-state index in [4.69, 9.17) is 11.5 Å². The summed E-state index contributed by atoms with van der Waals surface area (Å²) >= 11 is 0. The van der Waals surface area contributed by atoms with Gasteiger partial charge in [-0.25, -0.2) is 9.97 Å². The molecule has 1 amide bonds. The molecule has 6 N–H and O–H groups in total. The fraction of sp³-hybridized carbons (Fsp3) is 0.417. The Morgan fingerprint density at radius 3 is 2.75 bits per heavy atom. The normalized spacial score (nSPS) is 29.9. The van der Waals surface area contributed by atoms with Gasteiger partial charge in [-0.15, -0.1) is 0 Å². The van der Waals surface area contributed by atoms with Gasteiger partial charge in [0.15, 0.2) is 5.82 Å². The number of hydrogen-bond acceptors (Lipinski definition) is 6. The van der Waals surface area contributed by atoms with Crippen molar-refractivity contribution in [3.05, 3.63) is 18.6 Å². The highest BCUT2D eigenvalue weighted by atomic mass is 16.3. The number of nitrogens with zero attached hydrogens (tertiary/aromatic N) is 3. The summed E-state index contributed by atoms with van der Waals surface area (Å²) in [5.74, 6) is -1.10. The fourth-order valence-corrected chi connectivity index (χ4v) is 2.81. The second kappa shape index (κ2) is 4.43. The minimum absolute atomic E-state index is 0.255. The summed E-state index contributed by atoms with van der Waals surface area (Å²) in [4.78, 5) is 19.4. The summed E-state index contributed by atoms with van der Waals surface area (Å²) < 4.78 is 1.70. The van der Waals surface area contributed by atoms with Gasteiger partial charge in [0.2, 0.25) is 5.91 Å². The molecule has 8 nitrogen and oxygen atoms in total. The van der Waals surface area contributed by atoms with E-state index >= 15 is 0 Å². The maximum Gasteiger partial charge on any atom is 0.223 e. The number of nitrogen functional groups attached to an aromatic ring is 1. The van der Waals surface area contributed by atoms with Crippen molar-refractivity contribution >= 4 is 22.8 Å². The van der Waals surface area contributed by atoms with Gasteiger partial charge in [0, 0.05) is 6.20 Å². The summed E-state index contributed by atoms with van der Waals surface area (Å²) in [5, 5.41) is 20.0. The Morgan fingerprint density at radius 1 is 1.35 bits per heavy atom. The molecule has 4 atom stereocenters. The maximum atomic E-state index is 11.3. The number of carbonyl (C=O) groups excluding carboxylic acids is 1. The largest absolute Gasteiger partial charge is 0.390 e. The van der Waals surface area contributed by atoms with Crippen LogP contribution in [0.15, 0.2) is 18.6 Å². The molecular formula is C12H15N5O3. The first-order chi connectivity index (χ1) is 9.50. The second-order valence-corrected chi connectivity index (χ2v) is 5.01. The first kappa shape index (κ1) is 12.8. The number of imidazole rings is 1. The maximum absolute atomic E-state index is 11.3. The van der Waals surface area contributed by atoms with Crippen molar-refractivity contribution < 1.29 is 15.0 Å². The number of fused-ring (bicyclic) bond motifs is 1. The van der Waals surface area contributed by atoms with Crippen LogP contribution in [0.2, 0.25) is 0 Å². The lowest BCUT2D eigenvalue weighted by Crippen LogP contribution is -2.35. The average Bonchev–Trinajstić information content (AvgIpc) is 2.94. The van der Waals surface area contributed by atoms with Crippen LogP contribution in [-0.2, 0) is 4.79 Å². The Morgan fingerprint density at radius 2 is 2.10 bits per heavy atom. The van der Waals surface area contributed by atoms with E-state index in [1.807, 2.05) is 0 Å². The van der Waals surface area contributed by atoms with Crippen LogP contribution < -0.4 is 11.5 Å². The Kier molecular flexibility index (Phi) is 2.84. The number of anilines is 1. The first-order valence-corrected chi connectivity index (χ1v) is 6.23. The van der Waals surface area contributed by atoms with E-state index in [0.717, 1.165) is 0 Å². The molecule has 20 heavy (non-hydrogen) atoms. The Balaban J connectivity index is 2.04. The van der Waals surface area contributed by atoms with Crippen molar-refractivity contribution in [1.29, 1.82) is 0 Å². The number of hydrogen-bond donors (Lipinski definition) is 4. The van der Waals surface area contributed by atoms with Crippen LogP contribution in [0.1, 0.15) is 12.5 Å². The number of rotatable bonds is 2. The summed E-state index contributed by atoms with van der Waals surface area (Å²) in [7, 11) is 0. The van der Waals surface area contributed by atoms with Gasteiger partial charge in [-0.3, -0.25) is 4.79 Å². The molecule has 0 saturated heterocycles. The third kappa shape index (κ3) is 1.73. The van der Waals surface area contributed by atoms with Crippen LogP contribution in [0.5, 0.6) is 0 Å². The highest BCUT2D eigenvalue weighted by Crippen LogP contribution is 2.37. The molecule has 3 rings (SSSR count). The third-order valence-electron chi connectivity index (χ3n) is 3.90. The zero-order chi connectivity index (χ0) is 14.4. The summed E-state index contributed by atoms with van der Waals surface area (Å²) in [6, 6.07) is 1.24. The number of aliphatic hydroxyl groups is 2. The smallest absolute Gasteiger partial charge is 0.223 e. The molecule has 0 aromatic carbocycles. The van der Waals surface area contributed by atoms with Gasteiger partial charge >= 0.3 is 0 Å². The fourth-order valence-electron chi connectivity index (χ4n) is 2.81. The van der Waals surface area contributed by atoms with Gasteiger partial charge in [0.05, 0.1) is 29.9 Å². The minimum atomic E-state index is -1.17. The van der Waals surface area contributed by atoms with Crippen LogP contribution >= 0.6 is 0 Å². The lowest BCUT2D eigenvalue weighted by Gasteiger charge is -2.18. The van der Waals surface area contributed by atoms with Gasteiger partial charge in [-0.2, -0.15) is 0 Å². The van der Waals surface area contributed by atoms with Gasteiger partial charge < -0.3 is 26.2 Å². The molecule has 1 fully saturated rings. The Bertz CT molecular complexity index is 670. The summed E-state index contributed by atoms with van der Waals surface area (Å²) in [5.41, 5.74) is 12.2. The quantitative estimate of drug-likeness (QED) is 0.542. The van der Waals surface area contributed by atoms with E-state index < -0.39 is 30.1 Å². The molecule has 1 unspecified atom stereocenters. The zero-order valence-electron chi connectivity index (χ0n) is 10.5. The number of primary amides is 1. The molecule has 0 spiro atoms. The monoisotopic (exact) mass is 277 g/mol. The van der Waals surface area contributed by atoms with Gasteiger partial charge in [-0.1, -0.05) is 0 Å². The average molecular weight is 277 g/mol. The van der Waals surface area contributed by atoms with Crippen molar-refractivity contribution in [3.63, 3.8) is 0 Å². The van der Waals surface area contributed by atoms with Crippen LogP contribution in [0.3, 0.4) is 0 Å². The molecule has 1 saturated carbocycles. The van der Waals surface area contributed by atoms with Crippen LogP contribution in [0, 0.1) is 5.92 Å². The number of carbonyl (C=O) groups is 1. The number of amides is 1. The molecular weight excluding hydrogens is 262 g/mol. The molecule has 0 bridgehead atoms. The molecule has 1 aliphatic carbocycles. The Labute approximate surface area is 114 Å². The van der Waals surface area contributed by atoms with E-state index in [9.17, 15) is 15.0 Å². The topological polar surface area (TPSA) is 140 Å². The van der Waals surface area contributed by atoms with Crippen LogP contribution in [-0.4, -0.2) is 42.9 Å². The molecule has 0 aliphatic heterocycles. The highest BCUT2D eigenvalue weighted by molar-refractivity contribution is 5.84. The van der Waals surface area contributed by atoms with Crippen molar-refractivity contribution in [1.82, 2.24) is 14.5 Å². The molecule has 2 aromatic rings. The van der Waals surface area contributed by atoms with E-state index in [1.165, 1.54) is 6.33 Å². The lowest BCUT2D eigenvalue weighted by atomic mass is 10.1. The van der Waals surface area contributed by atoms with Crippen molar-refractivity contribution in [2.75, 3.05) is 5.73 Å². The van der Waals surface area contributed by atoms with Crippen molar-refractivity contribution in [2.45, 2.75) is 24.7 Å². The van der Waals surface area contributed by atoms with Crippen molar-refractivity contribution in [2.24, 2.45) is 11.7 Å². The predicted octanol–water partition coefficient (Wildman–Crippen LogP) is -1.22. The summed E-state index contributed by atoms with van der Waals surface area (Å²) in [6.45, 7) is 0. The van der Waals surface area contributed by atoms with Crippen LogP contribution in [0.25, 0.3) is 11.0 Å². The molecule has 0 radical (unpaired) electrons. The summed E-state index contributed by atoms with van der Waals surface area (Å²) in [6.07, 6.45) is 1.06. The predicted molar refractivity (Wildman–Crippen MR) is 70.3 cm³/mol. The number of pyridine rings is 1. The molecule has 106 valence electrons. The zero-order valence-corrected chi connectivity index (χ0v) is 10.5. The van der Waals surface area contributed by atoms with E-state index in [-0.39, 0.29) is 6.42 Å². The Hall–Kier alpha value is -2.19. The van der Waals surface area contributed by atoms with E-state index in [0.29, 0.717) is 16.9 Å². The van der Waals surface area contributed by atoms with E-state index in [1.54, 1.807) is 16.8 Å². The molecule has 8 heteroatoms. The second-order valence-electron chi connectivity index (χ2n) is 5.01. The minimum Gasteiger partial charge on any atom is -0.390 e. The van der Waals surface area contributed by atoms with Gasteiger partial charge in [0.25, 0.3) is 0 Å². The first-order valence-electron chi connectivity index (χ1n) is 6.23. The van der Waals surface area contributed by atoms with Gasteiger partial charge in [0.1, 0.15) is 11.6 Å².